The molecule has 41 heavy (non-hydrogen) atoms. The Balaban J connectivity index is 1.31. The van der Waals surface area contributed by atoms with Crippen molar-refractivity contribution in [3.63, 3.8) is 0 Å². The fourth-order valence-corrected chi connectivity index (χ4v) is 7.43. The first-order chi connectivity index (χ1) is 19.7. The number of methoxy groups -OCH3 is 1. The van der Waals surface area contributed by atoms with Crippen LogP contribution < -0.4 is 20.3 Å². The van der Waals surface area contributed by atoms with Crippen LogP contribution in [-0.2, 0) is 24.7 Å². The normalized spacial score (nSPS) is 22.3. The van der Waals surface area contributed by atoms with Gasteiger partial charge in [-0.1, -0.05) is 6.58 Å². The Morgan fingerprint density at radius 1 is 1.17 bits per heavy atom. The fourth-order valence-electron chi connectivity index (χ4n) is 7.43. The van der Waals surface area contributed by atoms with Crippen LogP contribution in [0.5, 0.6) is 5.75 Å². The van der Waals surface area contributed by atoms with Gasteiger partial charge in [0.1, 0.15) is 11.4 Å². The van der Waals surface area contributed by atoms with E-state index in [9.17, 15) is 4.79 Å². The summed E-state index contributed by atoms with van der Waals surface area (Å²) in [6, 6.07) is 5.78. The van der Waals surface area contributed by atoms with Gasteiger partial charge in [0, 0.05) is 49.7 Å². The van der Waals surface area contributed by atoms with E-state index >= 15 is 0 Å². The van der Waals surface area contributed by atoms with Crippen molar-refractivity contribution in [3.05, 3.63) is 48.3 Å². The summed E-state index contributed by atoms with van der Waals surface area (Å²) in [6.07, 6.45) is 10.9. The van der Waals surface area contributed by atoms with Crippen molar-refractivity contribution >= 4 is 28.9 Å². The van der Waals surface area contributed by atoms with Gasteiger partial charge in [-0.3, -0.25) is 9.48 Å². The Morgan fingerprint density at radius 2 is 1.93 bits per heavy atom. The van der Waals surface area contributed by atoms with Crippen LogP contribution >= 0.6 is 0 Å². The topological polar surface area (TPSA) is 100 Å². The maximum absolute atomic E-state index is 12.5. The number of nitrogens with zero attached hydrogens (tertiary/aromatic N) is 6. The van der Waals surface area contributed by atoms with Crippen molar-refractivity contribution in [2.75, 3.05) is 50.3 Å². The van der Waals surface area contributed by atoms with Gasteiger partial charge in [0.15, 0.2) is 0 Å². The van der Waals surface area contributed by atoms with Gasteiger partial charge >= 0.3 is 0 Å². The van der Waals surface area contributed by atoms with Crippen LogP contribution in [-0.4, -0.2) is 70.9 Å². The third kappa shape index (κ3) is 4.73. The zero-order valence-electron chi connectivity index (χ0n) is 24.8. The minimum Gasteiger partial charge on any atom is -0.494 e. The van der Waals surface area contributed by atoms with Crippen molar-refractivity contribution in [3.8, 4) is 17.1 Å². The molecule has 0 atom stereocenters. The number of aromatic nitrogens is 4. The summed E-state index contributed by atoms with van der Waals surface area (Å²) in [5, 5.41) is 11.2. The number of amides is 1. The average molecular weight is 557 g/mol. The Hall–Kier alpha value is -3.92. The van der Waals surface area contributed by atoms with Crippen molar-refractivity contribution in [2.45, 2.75) is 50.5 Å². The summed E-state index contributed by atoms with van der Waals surface area (Å²) in [5.74, 6) is 0.807. The van der Waals surface area contributed by atoms with Gasteiger partial charge in [-0.05, 0) is 82.7 Å². The van der Waals surface area contributed by atoms with Crippen molar-refractivity contribution < 1.29 is 9.53 Å². The van der Waals surface area contributed by atoms with Gasteiger partial charge in [-0.2, -0.15) is 5.10 Å². The van der Waals surface area contributed by atoms with Crippen LogP contribution in [0.15, 0.2) is 37.1 Å². The van der Waals surface area contributed by atoms with E-state index in [0.29, 0.717) is 28.5 Å². The molecule has 1 aromatic carbocycles. The molecule has 10 heteroatoms. The molecular formula is C31H40N8O2. The highest BCUT2D eigenvalue weighted by Crippen LogP contribution is 2.70. The van der Waals surface area contributed by atoms with Crippen LogP contribution in [0, 0.1) is 5.41 Å². The molecule has 0 spiro atoms. The first-order valence-electron chi connectivity index (χ1n) is 14.4. The molecule has 3 aromatic rings. The standard InChI is InChI=1S/C31H40N8O2/c1-7-27(40)33-22-14-23(26(41-6)15-25(22)38(4)31-16-30(17-31,18-31)19-37(2)3)35-29-32-13-12-21(34-29)28-20-10-8-9-11-24(20)39(5)36-28/h7,12-15H,1,8-11,16-19H2,2-6H3,(H,33,40)(H,32,34,35). The van der Waals surface area contributed by atoms with Gasteiger partial charge in [0.2, 0.25) is 11.9 Å². The predicted molar refractivity (Wildman–Crippen MR) is 162 cm³/mol. The summed E-state index contributed by atoms with van der Waals surface area (Å²) in [5.41, 5.74) is 7.03. The van der Waals surface area contributed by atoms with Crippen molar-refractivity contribution in [1.29, 1.82) is 0 Å². The van der Waals surface area contributed by atoms with Gasteiger partial charge in [0.05, 0.1) is 29.9 Å². The molecule has 2 heterocycles. The number of fused-ring (bicyclic) bond motifs is 1. The number of carbonyl (C=O) groups excluding carboxylic acids is 1. The molecule has 0 aliphatic heterocycles. The number of benzene rings is 1. The van der Waals surface area contributed by atoms with E-state index in [4.69, 9.17) is 14.8 Å². The average Bonchev–Trinajstić information content (AvgIpc) is 3.26. The molecule has 2 bridgehead atoms. The summed E-state index contributed by atoms with van der Waals surface area (Å²) in [7, 11) is 10.0. The monoisotopic (exact) mass is 556 g/mol. The van der Waals surface area contributed by atoms with Crippen LogP contribution in [0.3, 0.4) is 0 Å². The Bertz CT molecular complexity index is 1490. The Kier molecular flexibility index (Phi) is 6.76. The van der Waals surface area contributed by atoms with E-state index in [1.165, 1.54) is 23.8 Å². The molecule has 3 saturated carbocycles. The highest BCUT2D eigenvalue weighted by molar-refractivity contribution is 6.02. The SMILES string of the molecule is C=CC(=O)Nc1cc(Nc2nccc(-c3nn(C)c4c3CCCC4)n2)c(OC)cc1N(C)C12CC(CN(C)C)(C1)C2. The van der Waals surface area contributed by atoms with E-state index < -0.39 is 0 Å². The minimum atomic E-state index is -0.268. The summed E-state index contributed by atoms with van der Waals surface area (Å²) >= 11 is 0. The van der Waals surface area contributed by atoms with E-state index in [1.54, 1.807) is 13.3 Å². The molecule has 0 radical (unpaired) electrons. The van der Waals surface area contributed by atoms with E-state index in [2.05, 4.69) is 53.1 Å². The molecule has 4 aliphatic carbocycles. The predicted octanol–water partition coefficient (Wildman–Crippen LogP) is 4.55. The Labute approximate surface area is 241 Å². The first-order valence-corrected chi connectivity index (χ1v) is 14.4. The molecule has 0 saturated heterocycles. The van der Waals surface area contributed by atoms with E-state index in [1.807, 2.05) is 29.9 Å². The second-order valence-electron chi connectivity index (χ2n) is 12.3. The summed E-state index contributed by atoms with van der Waals surface area (Å²) in [6.45, 7) is 4.75. The largest absolute Gasteiger partial charge is 0.494 e. The maximum atomic E-state index is 12.5. The molecule has 2 aromatic heterocycles. The van der Waals surface area contributed by atoms with Crippen LogP contribution in [0.2, 0.25) is 0 Å². The lowest BCUT2D eigenvalue weighted by Gasteiger charge is -2.74. The molecule has 10 nitrogen and oxygen atoms in total. The first kappa shape index (κ1) is 27.3. The molecule has 7 rings (SSSR count). The highest BCUT2D eigenvalue weighted by atomic mass is 16.5. The fraction of sp³-hybridized carbons (Fsp3) is 0.484. The molecule has 0 unspecified atom stereocenters. The summed E-state index contributed by atoms with van der Waals surface area (Å²) < 4.78 is 7.82. The number of anilines is 4. The number of carbonyl (C=O) groups is 1. The van der Waals surface area contributed by atoms with Crippen LogP contribution in [0.1, 0.15) is 43.4 Å². The second-order valence-corrected chi connectivity index (χ2v) is 12.3. The van der Waals surface area contributed by atoms with Gasteiger partial charge in [-0.15, -0.1) is 0 Å². The van der Waals surface area contributed by atoms with Gasteiger partial charge < -0.3 is 25.2 Å². The Morgan fingerprint density at radius 3 is 2.63 bits per heavy atom. The van der Waals surface area contributed by atoms with Crippen molar-refractivity contribution in [2.24, 2.45) is 12.5 Å². The molecule has 216 valence electrons. The van der Waals surface area contributed by atoms with Crippen molar-refractivity contribution in [1.82, 2.24) is 24.6 Å². The molecule has 3 fully saturated rings. The van der Waals surface area contributed by atoms with Crippen LogP contribution in [0.25, 0.3) is 11.4 Å². The van der Waals surface area contributed by atoms with E-state index in [0.717, 1.165) is 62.1 Å². The third-order valence-corrected chi connectivity index (χ3v) is 9.11. The molecule has 4 aliphatic rings. The lowest BCUT2D eigenvalue weighted by atomic mass is 9.38. The lowest BCUT2D eigenvalue weighted by Crippen LogP contribution is -2.76. The van der Waals surface area contributed by atoms with E-state index in [-0.39, 0.29) is 11.4 Å². The van der Waals surface area contributed by atoms with Gasteiger partial charge in [0.25, 0.3) is 0 Å². The highest BCUT2D eigenvalue weighted by Gasteiger charge is 2.69. The molecular weight excluding hydrogens is 516 g/mol. The minimum absolute atomic E-state index is 0.100. The number of hydrogen-bond donors (Lipinski definition) is 2. The number of nitrogens with one attached hydrogen (secondary N) is 2. The maximum Gasteiger partial charge on any atom is 0.247 e. The van der Waals surface area contributed by atoms with Crippen LogP contribution in [0.4, 0.5) is 23.0 Å². The number of rotatable bonds is 10. The lowest BCUT2D eigenvalue weighted by molar-refractivity contribution is -0.143. The number of aryl methyl sites for hydroxylation is 1. The summed E-state index contributed by atoms with van der Waals surface area (Å²) in [4.78, 5) is 26.4. The smallest absolute Gasteiger partial charge is 0.247 e. The molecule has 2 N–H and O–H groups in total. The zero-order chi connectivity index (χ0) is 28.9. The van der Waals surface area contributed by atoms with Gasteiger partial charge in [-0.25, -0.2) is 9.97 Å². The number of hydrogen-bond acceptors (Lipinski definition) is 8. The quantitative estimate of drug-likeness (QED) is 0.351. The second kappa shape index (κ2) is 10.2. The molecule has 1 amide bonds. The number of ether oxygens (including phenoxy) is 1. The zero-order valence-corrected chi connectivity index (χ0v) is 24.8. The third-order valence-electron chi connectivity index (χ3n) is 9.11.